The van der Waals surface area contributed by atoms with Gasteiger partial charge in [-0.1, -0.05) is 13.8 Å². The summed E-state index contributed by atoms with van der Waals surface area (Å²) in [6.45, 7) is 11.2. The van der Waals surface area contributed by atoms with E-state index in [1.165, 1.54) is 58.4 Å². The van der Waals surface area contributed by atoms with Crippen LogP contribution in [-0.2, 0) is 0 Å². The van der Waals surface area contributed by atoms with Crippen LogP contribution in [0.2, 0.25) is 0 Å². The third-order valence-electron chi connectivity index (χ3n) is 4.20. The predicted octanol–water partition coefficient (Wildman–Crippen LogP) is 2.11. The minimum absolute atomic E-state index is 0.697. The lowest BCUT2D eigenvalue weighted by molar-refractivity contribution is 0.193. The molecule has 2 rings (SSSR count). The van der Waals surface area contributed by atoms with Gasteiger partial charge < -0.3 is 10.2 Å². The Morgan fingerprint density at radius 2 is 1.93 bits per heavy atom. The first-order valence-corrected chi connectivity index (χ1v) is 6.63. The van der Waals surface area contributed by atoms with E-state index in [0.717, 1.165) is 5.92 Å². The molecule has 0 aliphatic carbocycles. The average molecular weight is 210 g/mol. The molecule has 0 unspecified atom stereocenters. The summed E-state index contributed by atoms with van der Waals surface area (Å²) in [5, 5.41) is 3.48. The Kier molecular flexibility index (Phi) is 3.68. The molecule has 0 atom stereocenters. The van der Waals surface area contributed by atoms with Crippen molar-refractivity contribution >= 4 is 0 Å². The molecule has 2 fully saturated rings. The van der Waals surface area contributed by atoms with E-state index in [2.05, 4.69) is 24.1 Å². The van der Waals surface area contributed by atoms with Gasteiger partial charge in [0.2, 0.25) is 0 Å². The molecule has 0 aromatic carbocycles. The molecular weight excluding hydrogens is 184 g/mol. The van der Waals surface area contributed by atoms with E-state index >= 15 is 0 Å². The lowest BCUT2D eigenvalue weighted by Gasteiger charge is -2.34. The zero-order valence-corrected chi connectivity index (χ0v) is 10.4. The molecular formula is C13H26N2. The van der Waals surface area contributed by atoms with Crippen LogP contribution < -0.4 is 5.32 Å². The number of rotatable bonds is 3. The van der Waals surface area contributed by atoms with Crippen LogP contribution in [-0.4, -0.2) is 37.6 Å². The van der Waals surface area contributed by atoms with Crippen LogP contribution in [0.3, 0.4) is 0 Å². The van der Waals surface area contributed by atoms with E-state index in [-0.39, 0.29) is 0 Å². The Bertz CT molecular complexity index is 195. The van der Waals surface area contributed by atoms with Gasteiger partial charge in [0.1, 0.15) is 0 Å². The Hall–Kier alpha value is -0.0800. The molecule has 2 aliphatic rings. The van der Waals surface area contributed by atoms with Crippen molar-refractivity contribution < 1.29 is 0 Å². The van der Waals surface area contributed by atoms with Gasteiger partial charge in [-0.3, -0.25) is 0 Å². The summed E-state index contributed by atoms with van der Waals surface area (Å²) >= 11 is 0. The number of hydrogen-bond acceptors (Lipinski definition) is 2. The second-order valence-electron chi connectivity index (χ2n) is 5.96. The molecule has 0 bridgehead atoms. The molecule has 0 aromatic heterocycles. The third-order valence-corrected chi connectivity index (χ3v) is 4.20. The van der Waals surface area contributed by atoms with Crippen LogP contribution in [0.4, 0.5) is 0 Å². The summed E-state index contributed by atoms with van der Waals surface area (Å²) in [6, 6.07) is 0. The van der Waals surface area contributed by atoms with E-state index < -0.39 is 0 Å². The largest absolute Gasteiger partial charge is 0.317 e. The number of likely N-dealkylation sites (tertiary alicyclic amines) is 1. The van der Waals surface area contributed by atoms with Crippen molar-refractivity contribution in [1.29, 1.82) is 0 Å². The topological polar surface area (TPSA) is 15.3 Å². The highest BCUT2D eigenvalue weighted by atomic mass is 15.2. The lowest BCUT2D eigenvalue weighted by Crippen LogP contribution is -2.38. The van der Waals surface area contributed by atoms with E-state index in [9.17, 15) is 0 Å². The summed E-state index contributed by atoms with van der Waals surface area (Å²) in [5.74, 6) is 0.856. The maximum atomic E-state index is 3.48. The molecule has 15 heavy (non-hydrogen) atoms. The Morgan fingerprint density at radius 3 is 2.60 bits per heavy atom. The van der Waals surface area contributed by atoms with Gasteiger partial charge in [0, 0.05) is 6.54 Å². The van der Waals surface area contributed by atoms with Crippen LogP contribution in [0.15, 0.2) is 0 Å². The molecule has 88 valence electrons. The number of hydrogen-bond donors (Lipinski definition) is 1. The molecule has 0 radical (unpaired) electrons. The summed E-state index contributed by atoms with van der Waals surface area (Å²) in [7, 11) is 0. The zero-order valence-electron chi connectivity index (χ0n) is 10.4. The van der Waals surface area contributed by atoms with Gasteiger partial charge >= 0.3 is 0 Å². The van der Waals surface area contributed by atoms with Gasteiger partial charge in [0.15, 0.2) is 0 Å². The molecule has 2 aliphatic heterocycles. The lowest BCUT2D eigenvalue weighted by atomic mass is 9.78. The molecule has 2 nitrogen and oxygen atoms in total. The second-order valence-corrected chi connectivity index (χ2v) is 5.96. The van der Waals surface area contributed by atoms with Gasteiger partial charge in [0.05, 0.1) is 0 Å². The predicted molar refractivity (Wildman–Crippen MR) is 65.0 cm³/mol. The summed E-state index contributed by atoms with van der Waals surface area (Å²) < 4.78 is 0. The molecule has 2 saturated heterocycles. The highest BCUT2D eigenvalue weighted by Gasteiger charge is 2.38. The molecule has 0 amide bonds. The van der Waals surface area contributed by atoms with Crippen molar-refractivity contribution in [2.75, 3.05) is 32.7 Å². The summed E-state index contributed by atoms with van der Waals surface area (Å²) in [6.07, 6.45) is 5.64. The Balaban J connectivity index is 1.78. The van der Waals surface area contributed by atoms with E-state index in [1.807, 2.05) is 0 Å². The Labute approximate surface area is 94.4 Å². The standard InChI is InChI=1S/C13H26N2/c1-12(2)3-9-15-10-6-13(11-15)4-7-14-8-5-13/h12,14H,3-11H2,1-2H3. The minimum atomic E-state index is 0.697. The highest BCUT2D eigenvalue weighted by Crippen LogP contribution is 2.38. The van der Waals surface area contributed by atoms with Crippen LogP contribution in [0, 0.1) is 11.3 Å². The zero-order chi connectivity index (χ0) is 10.7. The van der Waals surface area contributed by atoms with Crippen molar-refractivity contribution in [3.63, 3.8) is 0 Å². The van der Waals surface area contributed by atoms with Crippen molar-refractivity contribution in [2.24, 2.45) is 11.3 Å². The monoisotopic (exact) mass is 210 g/mol. The molecule has 0 saturated carbocycles. The number of nitrogens with zero attached hydrogens (tertiary/aromatic N) is 1. The third kappa shape index (κ3) is 2.94. The van der Waals surface area contributed by atoms with Crippen molar-refractivity contribution in [3.8, 4) is 0 Å². The smallest absolute Gasteiger partial charge is 0.00394 e. The average Bonchev–Trinajstić information content (AvgIpc) is 2.60. The van der Waals surface area contributed by atoms with E-state index in [0.29, 0.717) is 5.41 Å². The van der Waals surface area contributed by atoms with Crippen molar-refractivity contribution in [2.45, 2.75) is 39.5 Å². The van der Waals surface area contributed by atoms with E-state index in [4.69, 9.17) is 0 Å². The summed E-state index contributed by atoms with van der Waals surface area (Å²) in [5.41, 5.74) is 0.697. The molecule has 2 heteroatoms. The van der Waals surface area contributed by atoms with Crippen molar-refractivity contribution in [3.05, 3.63) is 0 Å². The molecule has 1 spiro atoms. The van der Waals surface area contributed by atoms with Crippen LogP contribution in [0.5, 0.6) is 0 Å². The van der Waals surface area contributed by atoms with Gasteiger partial charge in [-0.25, -0.2) is 0 Å². The Morgan fingerprint density at radius 1 is 1.20 bits per heavy atom. The van der Waals surface area contributed by atoms with E-state index in [1.54, 1.807) is 0 Å². The fraction of sp³-hybridized carbons (Fsp3) is 1.00. The van der Waals surface area contributed by atoms with Gasteiger partial charge in [-0.15, -0.1) is 0 Å². The number of nitrogens with one attached hydrogen (secondary N) is 1. The van der Waals surface area contributed by atoms with Crippen molar-refractivity contribution in [1.82, 2.24) is 10.2 Å². The first-order chi connectivity index (χ1) is 7.20. The second kappa shape index (κ2) is 4.84. The fourth-order valence-electron chi connectivity index (χ4n) is 3.02. The molecule has 1 N–H and O–H groups in total. The van der Waals surface area contributed by atoms with Crippen LogP contribution in [0.1, 0.15) is 39.5 Å². The summed E-state index contributed by atoms with van der Waals surface area (Å²) in [4.78, 5) is 2.70. The van der Waals surface area contributed by atoms with Gasteiger partial charge in [-0.2, -0.15) is 0 Å². The van der Waals surface area contributed by atoms with Gasteiger partial charge in [0.25, 0.3) is 0 Å². The molecule has 0 aromatic rings. The maximum absolute atomic E-state index is 3.48. The highest BCUT2D eigenvalue weighted by molar-refractivity contribution is 4.92. The quantitative estimate of drug-likeness (QED) is 0.767. The molecule has 2 heterocycles. The normalized spacial score (nSPS) is 26.6. The first-order valence-electron chi connectivity index (χ1n) is 6.63. The van der Waals surface area contributed by atoms with Crippen LogP contribution in [0.25, 0.3) is 0 Å². The minimum Gasteiger partial charge on any atom is -0.317 e. The fourth-order valence-corrected chi connectivity index (χ4v) is 3.02. The SMILES string of the molecule is CC(C)CCN1CCC2(CCNCC2)C1. The maximum Gasteiger partial charge on any atom is 0.00394 e. The van der Waals surface area contributed by atoms with Gasteiger partial charge in [-0.05, 0) is 63.2 Å². The van der Waals surface area contributed by atoms with Crippen LogP contribution >= 0.6 is 0 Å². The first kappa shape index (κ1) is 11.4. The number of piperidine rings is 1.